The first kappa shape index (κ1) is 18.7. The molecule has 25 heavy (non-hydrogen) atoms. The molecule has 0 saturated carbocycles. The van der Waals surface area contributed by atoms with Gasteiger partial charge < -0.3 is 5.32 Å². The molecule has 1 aliphatic carbocycles. The van der Waals surface area contributed by atoms with Crippen molar-refractivity contribution in [1.82, 2.24) is 0 Å². The van der Waals surface area contributed by atoms with E-state index in [9.17, 15) is 13.2 Å². The van der Waals surface area contributed by atoms with Crippen molar-refractivity contribution in [2.45, 2.75) is 30.6 Å². The smallest absolute Gasteiger partial charge is 0.225 e. The molecule has 0 heterocycles. The predicted octanol–water partition coefficient (Wildman–Crippen LogP) is 4.24. The van der Waals surface area contributed by atoms with Gasteiger partial charge in [-0.05, 0) is 83.3 Å². The number of hydrogen-bond donors (Lipinski definition) is 1. The fourth-order valence-electron chi connectivity index (χ4n) is 2.89. The Balaban J connectivity index is 1.64. The van der Waals surface area contributed by atoms with E-state index < -0.39 is 9.84 Å². The number of carbonyl (C=O) groups excluding carboxylic acids is 1. The van der Waals surface area contributed by atoms with Crippen molar-refractivity contribution in [3.05, 3.63) is 56.1 Å². The molecule has 0 saturated heterocycles. The lowest BCUT2D eigenvalue weighted by molar-refractivity contribution is -0.115. The first-order valence-electron chi connectivity index (χ1n) is 7.94. The number of rotatable bonds is 5. The Kier molecular flexibility index (Phi) is 5.70. The highest BCUT2D eigenvalue weighted by atomic mass is 127. The van der Waals surface area contributed by atoms with E-state index >= 15 is 0 Å². The summed E-state index contributed by atoms with van der Waals surface area (Å²) < 4.78 is 25.9. The zero-order valence-electron chi connectivity index (χ0n) is 13.4. The lowest BCUT2D eigenvalue weighted by atomic mass is 10.1. The average molecular weight is 490 g/mol. The lowest BCUT2D eigenvalue weighted by Gasteiger charge is -2.09. The summed E-state index contributed by atoms with van der Waals surface area (Å²) in [5, 5.41) is 3.10. The van der Waals surface area contributed by atoms with Crippen molar-refractivity contribution in [3.63, 3.8) is 0 Å². The molecule has 0 spiro atoms. The Labute approximate surface area is 166 Å². The molecule has 0 fully saturated rings. The highest BCUT2D eigenvalue weighted by Gasteiger charge is 2.20. The third-order valence-electron chi connectivity index (χ3n) is 4.23. The minimum Gasteiger partial charge on any atom is -0.325 e. The Morgan fingerprint density at radius 2 is 1.88 bits per heavy atom. The molecule has 4 nitrogen and oxygen atoms in total. The van der Waals surface area contributed by atoms with E-state index in [1.165, 1.54) is 5.56 Å². The fourth-order valence-corrected chi connectivity index (χ4v) is 5.08. The van der Waals surface area contributed by atoms with Crippen LogP contribution in [0.5, 0.6) is 0 Å². The molecule has 2 aromatic carbocycles. The van der Waals surface area contributed by atoms with E-state index in [4.69, 9.17) is 11.6 Å². The Morgan fingerprint density at radius 1 is 1.12 bits per heavy atom. The van der Waals surface area contributed by atoms with E-state index in [-0.39, 0.29) is 18.1 Å². The standard InChI is InChI=1S/C18H17ClINO3S/c19-16-11-14(20)5-7-17(16)21-18(22)8-9-25(23,24)15-6-4-12-2-1-3-13(12)10-15/h4-7,10-11H,1-3,8-9H2,(H,21,22). The summed E-state index contributed by atoms with van der Waals surface area (Å²) in [5.74, 6) is -0.590. The quantitative estimate of drug-likeness (QED) is 0.639. The molecule has 7 heteroatoms. The maximum Gasteiger partial charge on any atom is 0.225 e. The molecule has 0 aliphatic heterocycles. The fraction of sp³-hybridized carbons (Fsp3) is 0.278. The van der Waals surface area contributed by atoms with Gasteiger partial charge in [0, 0.05) is 9.99 Å². The van der Waals surface area contributed by atoms with E-state index in [0.29, 0.717) is 15.6 Å². The molecular weight excluding hydrogens is 473 g/mol. The first-order chi connectivity index (χ1) is 11.8. The van der Waals surface area contributed by atoms with Gasteiger partial charge in [-0.3, -0.25) is 4.79 Å². The summed E-state index contributed by atoms with van der Waals surface area (Å²) in [7, 11) is -3.48. The van der Waals surface area contributed by atoms with E-state index in [1.54, 1.807) is 24.3 Å². The van der Waals surface area contributed by atoms with Crippen LogP contribution in [0.2, 0.25) is 5.02 Å². The molecule has 0 unspecified atom stereocenters. The second-order valence-electron chi connectivity index (χ2n) is 6.03. The van der Waals surface area contributed by atoms with Crippen LogP contribution in [0, 0.1) is 3.57 Å². The van der Waals surface area contributed by atoms with Crippen molar-refractivity contribution in [2.75, 3.05) is 11.1 Å². The van der Waals surface area contributed by atoms with Crippen LogP contribution in [0.1, 0.15) is 24.0 Å². The predicted molar refractivity (Wildman–Crippen MR) is 108 cm³/mol. The number of sulfone groups is 1. The lowest BCUT2D eigenvalue weighted by Crippen LogP contribution is -2.17. The highest BCUT2D eigenvalue weighted by molar-refractivity contribution is 14.1. The van der Waals surface area contributed by atoms with E-state index in [2.05, 4.69) is 27.9 Å². The SMILES string of the molecule is O=C(CCS(=O)(=O)c1ccc2c(c1)CCC2)Nc1ccc(I)cc1Cl. The van der Waals surface area contributed by atoms with Crippen LogP contribution in [0.4, 0.5) is 5.69 Å². The zero-order chi connectivity index (χ0) is 18.0. The average Bonchev–Trinajstić information content (AvgIpc) is 3.03. The van der Waals surface area contributed by atoms with Gasteiger partial charge in [0.15, 0.2) is 9.84 Å². The Hall–Kier alpha value is -1.12. The number of benzene rings is 2. The topological polar surface area (TPSA) is 63.2 Å². The van der Waals surface area contributed by atoms with Crippen molar-refractivity contribution in [2.24, 2.45) is 0 Å². The molecular formula is C18H17ClINO3S. The Bertz CT molecular complexity index is 928. The van der Waals surface area contributed by atoms with E-state index in [1.807, 2.05) is 12.1 Å². The molecule has 3 rings (SSSR count). The first-order valence-corrected chi connectivity index (χ1v) is 11.1. The van der Waals surface area contributed by atoms with Gasteiger partial charge in [0.05, 0.1) is 21.4 Å². The maximum atomic E-state index is 12.5. The number of fused-ring (bicyclic) bond motifs is 1. The number of amides is 1. The maximum absolute atomic E-state index is 12.5. The number of halogens is 2. The van der Waals surface area contributed by atoms with Crippen LogP contribution in [0.15, 0.2) is 41.3 Å². The summed E-state index contributed by atoms with van der Waals surface area (Å²) in [6, 6.07) is 10.6. The van der Waals surface area contributed by atoms with Gasteiger partial charge in [-0.25, -0.2) is 8.42 Å². The minimum atomic E-state index is -3.48. The molecule has 1 aliphatic rings. The molecule has 0 radical (unpaired) electrons. The normalized spacial score (nSPS) is 13.5. The van der Waals surface area contributed by atoms with Crippen molar-refractivity contribution < 1.29 is 13.2 Å². The zero-order valence-corrected chi connectivity index (χ0v) is 17.1. The van der Waals surface area contributed by atoms with Crippen LogP contribution in [0.25, 0.3) is 0 Å². The van der Waals surface area contributed by atoms with Gasteiger partial charge in [-0.2, -0.15) is 0 Å². The van der Waals surface area contributed by atoms with E-state index in [0.717, 1.165) is 28.4 Å². The summed E-state index contributed by atoms with van der Waals surface area (Å²) in [6.45, 7) is 0. The summed E-state index contributed by atoms with van der Waals surface area (Å²) >= 11 is 8.20. The summed E-state index contributed by atoms with van der Waals surface area (Å²) in [5.41, 5.74) is 2.82. The van der Waals surface area contributed by atoms with Crippen LogP contribution in [0.3, 0.4) is 0 Å². The van der Waals surface area contributed by atoms with Gasteiger partial charge in [0.2, 0.25) is 5.91 Å². The highest BCUT2D eigenvalue weighted by Crippen LogP contribution is 2.26. The van der Waals surface area contributed by atoms with Gasteiger partial charge in [0.1, 0.15) is 0 Å². The summed E-state index contributed by atoms with van der Waals surface area (Å²) in [4.78, 5) is 12.4. The second kappa shape index (κ2) is 7.63. The van der Waals surface area contributed by atoms with Crippen molar-refractivity contribution >= 4 is 55.6 Å². The monoisotopic (exact) mass is 489 g/mol. The summed E-state index contributed by atoms with van der Waals surface area (Å²) in [6.07, 6.45) is 2.89. The third-order valence-corrected chi connectivity index (χ3v) is 6.93. The van der Waals surface area contributed by atoms with Gasteiger partial charge in [-0.15, -0.1) is 0 Å². The third kappa shape index (κ3) is 4.54. The van der Waals surface area contributed by atoms with Crippen LogP contribution in [-0.2, 0) is 27.5 Å². The Morgan fingerprint density at radius 3 is 2.64 bits per heavy atom. The number of carbonyl (C=O) groups is 1. The van der Waals surface area contributed by atoms with Crippen molar-refractivity contribution in [3.8, 4) is 0 Å². The molecule has 0 atom stereocenters. The molecule has 0 aromatic heterocycles. The number of anilines is 1. The molecule has 2 aromatic rings. The van der Waals surface area contributed by atoms with Gasteiger partial charge in [-0.1, -0.05) is 17.7 Å². The minimum absolute atomic E-state index is 0.109. The van der Waals surface area contributed by atoms with Crippen LogP contribution >= 0.6 is 34.2 Å². The van der Waals surface area contributed by atoms with Gasteiger partial charge in [0.25, 0.3) is 0 Å². The molecule has 132 valence electrons. The van der Waals surface area contributed by atoms with Gasteiger partial charge >= 0.3 is 0 Å². The second-order valence-corrected chi connectivity index (χ2v) is 9.79. The largest absolute Gasteiger partial charge is 0.325 e. The van der Waals surface area contributed by atoms with Crippen LogP contribution in [-0.4, -0.2) is 20.1 Å². The molecule has 1 N–H and O–H groups in total. The molecule has 0 bridgehead atoms. The molecule has 1 amide bonds. The number of aryl methyl sites for hydroxylation is 2. The number of nitrogens with one attached hydrogen (secondary N) is 1. The van der Waals surface area contributed by atoms with Crippen molar-refractivity contribution in [1.29, 1.82) is 0 Å². The van der Waals surface area contributed by atoms with Crippen LogP contribution < -0.4 is 5.32 Å². The number of hydrogen-bond acceptors (Lipinski definition) is 3.